The second-order valence-electron chi connectivity index (χ2n) is 6.80. The maximum absolute atomic E-state index is 14.2. The van der Waals surface area contributed by atoms with Crippen molar-refractivity contribution in [1.29, 1.82) is 0 Å². The first kappa shape index (κ1) is 17.9. The first-order valence-electron chi connectivity index (χ1n) is 8.90. The number of hydrogen-bond donors (Lipinski definition) is 2. The molecular formula is C21H15ClN3O3S+. The second kappa shape index (κ2) is 6.43. The van der Waals surface area contributed by atoms with Crippen molar-refractivity contribution in [2.75, 3.05) is 10.0 Å². The van der Waals surface area contributed by atoms with Crippen LogP contribution in [0.4, 0.5) is 17.1 Å². The van der Waals surface area contributed by atoms with E-state index in [0.29, 0.717) is 32.5 Å². The van der Waals surface area contributed by atoms with Gasteiger partial charge >= 0.3 is 5.91 Å². The highest BCUT2D eigenvalue weighted by atomic mass is 35.5. The summed E-state index contributed by atoms with van der Waals surface area (Å²) in [5.41, 5.74) is 2.97. The Hall–Kier alpha value is -3.16. The van der Waals surface area contributed by atoms with Gasteiger partial charge in [-0.25, -0.2) is 4.79 Å². The zero-order chi connectivity index (χ0) is 20.2. The van der Waals surface area contributed by atoms with Crippen molar-refractivity contribution in [2.45, 2.75) is 11.3 Å². The number of carbonyl (C=O) groups is 2. The van der Waals surface area contributed by atoms with Crippen LogP contribution in [0.25, 0.3) is 0 Å². The standard InChI is InChI=1S/C21H14ClN3O3S/c22-15-7-5-13(6-8-15)21(27)25-19-4-2-1-3-18(19)24-29(25,28)16-9-10-17-14(11-16)12-20(26)23-17/h1-11H,12H2,(H,23,24,26,28)/p+1. The Morgan fingerprint density at radius 2 is 1.76 bits per heavy atom. The van der Waals surface area contributed by atoms with Gasteiger partial charge < -0.3 is 5.32 Å². The van der Waals surface area contributed by atoms with Gasteiger partial charge in [0.15, 0.2) is 0 Å². The van der Waals surface area contributed by atoms with Gasteiger partial charge in [-0.1, -0.05) is 27.7 Å². The Balaban J connectivity index is 1.74. The molecule has 29 heavy (non-hydrogen) atoms. The monoisotopic (exact) mass is 424 g/mol. The quantitative estimate of drug-likeness (QED) is 0.605. The molecule has 0 aromatic heterocycles. The minimum Gasteiger partial charge on any atom is -0.326 e. The van der Waals surface area contributed by atoms with Gasteiger partial charge in [0.1, 0.15) is 10.6 Å². The van der Waals surface area contributed by atoms with E-state index in [1.807, 2.05) is 6.07 Å². The van der Waals surface area contributed by atoms with Crippen LogP contribution in [0.3, 0.4) is 0 Å². The third-order valence-electron chi connectivity index (χ3n) is 4.93. The fraction of sp³-hybridized carbons (Fsp3) is 0.0476. The van der Waals surface area contributed by atoms with Gasteiger partial charge in [-0.3, -0.25) is 9.52 Å². The number of nitrogens with one attached hydrogen (secondary N) is 2. The lowest BCUT2D eigenvalue weighted by Gasteiger charge is -2.07. The average molecular weight is 425 g/mol. The third-order valence-corrected chi connectivity index (χ3v) is 7.44. The predicted molar refractivity (Wildman–Crippen MR) is 111 cm³/mol. The molecule has 6 nitrogen and oxygen atoms in total. The van der Waals surface area contributed by atoms with Crippen LogP contribution in [0, 0.1) is 0 Å². The maximum Gasteiger partial charge on any atom is 0.435 e. The largest absolute Gasteiger partial charge is 0.435 e. The summed E-state index contributed by atoms with van der Waals surface area (Å²) in [6.45, 7) is 0. The SMILES string of the molecule is O=C1Cc2cc(S3(=O)=[N+](C(=O)c4ccc(Cl)cc4)c4ccccc4N3)ccc2N1. The van der Waals surface area contributed by atoms with Gasteiger partial charge in [0, 0.05) is 16.8 Å². The van der Waals surface area contributed by atoms with E-state index in [0.717, 1.165) is 5.56 Å². The molecule has 3 aromatic carbocycles. The van der Waals surface area contributed by atoms with Crippen molar-refractivity contribution in [2.24, 2.45) is 0 Å². The molecule has 2 aliphatic heterocycles. The Morgan fingerprint density at radius 3 is 2.55 bits per heavy atom. The summed E-state index contributed by atoms with van der Waals surface area (Å²) in [5, 5.41) is 3.28. The maximum atomic E-state index is 14.2. The van der Waals surface area contributed by atoms with Crippen molar-refractivity contribution in [3.05, 3.63) is 82.9 Å². The van der Waals surface area contributed by atoms with Crippen LogP contribution in [0.2, 0.25) is 5.02 Å². The molecule has 2 aliphatic rings. The van der Waals surface area contributed by atoms with Crippen LogP contribution in [-0.4, -0.2) is 20.0 Å². The minimum absolute atomic E-state index is 0.108. The van der Waals surface area contributed by atoms with Crippen LogP contribution in [0.1, 0.15) is 15.9 Å². The van der Waals surface area contributed by atoms with Gasteiger partial charge in [-0.05, 0) is 54.1 Å². The number of halogens is 1. The van der Waals surface area contributed by atoms with Crippen molar-refractivity contribution in [1.82, 2.24) is 0 Å². The predicted octanol–water partition coefficient (Wildman–Crippen LogP) is 4.19. The molecule has 144 valence electrons. The molecule has 0 aliphatic carbocycles. The van der Waals surface area contributed by atoms with Crippen molar-refractivity contribution in [3.63, 3.8) is 0 Å². The van der Waals surface area contributed by atoms with Crippen molar-refractivity contribution < 1.29 is 17.7 Å². The molecule has 2 amide bonds. The second-order valence-corrected chi connectivity index (χ2v) is 9.32. The first-order valence-corrected chi connectivity index (χ1v) is 10.8. The highest BCUT2D eigenvalue weighted by molar-refractivity contribution is 7.93. The summed E-state index contributed by atoms with van der Waals surface area (Å²) < 4.78 is 18.5. The number of anilines is 2. The Labute approximate surface area is 172 Å². The Kier molecular flexibility index (Phi) is 3.97. The van der Waals surface area contributed by atoms with Gasteiger partial charge in [0.25, 0.3) is 15.6 Å². The molecular weight excluding hydrogens is 410 g/mol. The number of carbonyl (C=O) groups excluding carboxylic acids is 2. The highest BCUT2D eigenvalue weighted by Gasteiger charge is 2.42. The van der Waals surface area contributed by atoms with Crippen LogP contribution < -0.4 is 10.0 Å². The lowest BCUT2D eigenvalue weighted by Crippen LogP contribution is -2.24. The summed E-state index contributed by atoms with van der Waals surface area (Å²) in [5.74, 6) is -0.511. The van der Waals surface area contributed by atoms with E-state index < -0.39 is 15.8 Å². The molecule has 0 spiro atoms. The summed E-state index contributed by atoms with van der Waals surface area (Å²) in [7, 11) is -3.17. The number of hydrogen-bond acceptors (Lipinski definition) is 3. The molecule has 3 aromatic rings. The summed E-state index contributed by atoms with van der Waals surface area (Å²) >= 11 is 5.95. The molecule has 0 saturated heterocycles. The third kappa shape index (κ3) is 2.82. The molecule has 1 unspecified atom stereocenters. The van der Waals surface area contributed by atoms with Crippen LogP contribution in [-0.2, 0) is 21.1 Å². The Bertz CT molecular complexity index is 1330. The smallest absolute Gasteiger partial charge is 0.326 e. The average Bonchev–Trinajstić information content (AvgIpc) is 3.23. The summed E-state index contributed by atoms with van der Waals surface area (Å²) in [6.07, 6.45) is 0.219. The summed E-state index contributed by atoms with van der Waals surface area (Å²) in [6, 6.07) is 18.7. The zero-order valence-electron chi connectivity index (χ0n) is 15.0. The minimum atomic E-state index is -3.17. The van der Waals surface area contributed by atoms with E-state index in [9.17, 15) is 13.8 Å². The molecule has 0 radical (unpaired) electrons. The normalized spacial score (nSPS) is 19.3. The molecule has 8 heteroatoms. The van der Waals surface area contributed by atoms with E-state index >= 15 is 0 Å². The van der Waals surface area contributed by atoms with E-state index in [2.05, 4.69) is 10.0 Å². The molecule has 1 atom stereocenters. The number of rotatable bonds is 2. The van der Waals surface area contributed by atoms with Gasteiger partial charge in [-0.15, -0.1) is 0 Å². The highest BCUT2D eigenvalue weighted by Crippen LogP contribution is 2.38. The van der Waals surface area contributed by atoms with Gasteiger partial charge in [-0.2, -0.15) is 4.21 Å². The molecule has 5 rings (SSSR count). The van der Waals surface area contributed by atoms with E-state index in [1.54, 1.807) is 60.7 Å². The zero-order valence-corrected chi connectivity index (χ0v) is 16.6. The van der Waals surface area contributed by atoms with Crippen LogP contribution in [0.15, 0.2) is 71.6 Å². The van der Waals surface area contributed by atoms with Crippen LogP contribution >= 0.6 is 11.6 Å². The topological polar surface area (TPSA) is 78.3 Å². The van der Waals surface area contributed by atoms with E-state index in [-0.39, 0.29) is 12.3 Å². The van der Waals surface area contributed by atoms with E-state index in [4.69, 9.17) is 11.6 Å². The first-order chi connectivity index (χ1) is 14.0. The van der Waals surface area contributed by atoms with Crippen LogP contribution in [0.5, 0.6) is 0 Å². The molecule has 2 heterocycles. The van der Waals surface area contributed by atoms with E-state index in [1.165, 1.54) is 3.95 Å². The van der Waals surface area contributed by atoms with Gasteiger partial charge in [0.2, 0.25) is 5.91 Å². The van der Waals surface area contributed by atoms with Crippen molar-refractivity contribution in [3.8, 4) is 0 Å². The van der Waals surface area contributed by atoms with Gasteiger partial charge in [0.05, 0.1) is 12.0 Å². The number of nitrogens with zero attached hydrogens (tertiary/aromatic N) is 1. The molecule has 2 N–H and O–H groups in total. The number of benzene rings is 3. The lowest BCUT2D eigenvalue weighted by atomic mass is 10.2. The fourth-order valence-electron chi connectivity index (χ4n) is 3.55. The number of fused-ring (bicyclic) bond motifs is 2. The summed E-state index contributed by atoms with van der Waals surface area (Å²) in [4.78, 5) is 25.5. The number of para-hydroxylation sites is 2. The number of amides is 2. The molecule has 0 fully saturated rings. The molecule has 0 saturated carbocycles. The fourth-order valence-corrected chi connectivity index (χ4v) is 5.89. The van der Waals surface area contributed by atoms with Crippen molar-refractivity contribution >= 4 is 50.4 Å². The molecule has 0 bridgehead atoms. The Morgan fingerprint density at radius 1 is 1.00 bits per heavy atom. The lowest BCUT2D eigenvalue weighted by molar-refractivity contribution is -0.307.